The number of piperazine rings is 1. The van der Waals surface area contributed by atoms with E-state index in [9.17, 15) is 8.42 Å². The van der Waals surface area contributed by atoms with Gasteiger partial charge in [0.25, 0.3) is 10.2 Å². The molecule has 2 rings (SSSR count). The van der Waals surface area contributed by atoms with Crippen LogP contribution < -0.4 is 10.0 Å². The summed E-state index contributed by atoms with van der Waals surface area (Å²) in [4.78, 5) is 2.29. The minimum absolute atomic E-state index is 0. The lowest BCUT2D eigenvalue weighted by Gasteiger charge is -2.31. The number of halogens is 2. The van der Waals surface area contributed by atoms with Gasteiger partial charge in [0.2, 0.25) is 0 Å². The van der Waals surface area contributed by atoms with E-state index in [0.717, 1.165) is 58.4 Å². The van der Waals surface area contributed by atoms with Crippen molar-refractivity contribution in [2.45, 2.75) is 38.1 Å². The summed E-state index contributed by atoms with van der Waals surface area (Å²) >= 11 is 0. The Hall–Kier alpha value is 0.370. The average molecular weight is 377 g/mol. The first-order chi connectivity index (χ1) is 9.59. The normalized spacial score (nSPS) is 21.2. The lowest BCUT2D eigenvalue weighted by molar-refractivity contribution is 0.243. The standard InChI is InChI=1S/C13H28N4O2S.2ClH/c1-16(13-5-3-2-4-6-13)20(18,19)15-9-12-17-10-7-14-8-11-17;;/h13-15H,2-12H2,1H3;2*1H. The minimum Gasteiger partial charge on any atom is -0.314 e. The third-order valence-electron chi connectivity index (χ3n) is 4.39. The molecule has 9 heteroatoms. The summed E-state index contributed by atoms with van der Waals surface area (Å²) in [6.07, 6.45) is 5.52. The fourth-order valence-electron chi connectivity index (χ4n) is 3.01. The molecule has 1 heterocycles. The van der Waals surface area contributed by atoms with Gasteiger partial charge in [-0.2, -0.15) is 12.7 Å². The van der Waals surface area contributed by atoms with Crippen molar-refractivity contribution < 1.29 is 8.42 Å². The third-order valence-corrected chi connectivity index (χ3v) is 6.02. The topological polar surface area (TPSA) is 64.7 Å². The second-order valence-electron chi connectivity index (χ2n) is 5.80. The van der Waals surface area contributed by atoms with Gasteiger partial charge in [0, 0.05) is 52.4 Å². The number of rotatable bonds is 6. The van der Waals surface area contributed by atoms with E-state index in [1.54, 1.807) is 11.4 Å². The van der Waals surface area contributed by atoms with Crippen LogP contribution in [0.2, 0.25) is 0 Å². The molecule has 0 bridgehead atoms. The lowest BCUT2D eigenvalue weighted by Crippen LogP contribution is -2.49. The average Bonchev–Trinajstić information content (AvgIpc) is 2.48. The van der Waals surface area contributed by atoms with Crippen LogP contribution in [-0.2, 0) is 10.2 Å². The second kappa shape index (κ2) is 11.0. The highest BCUT2D eigenvalue weighted by atomic mass is 35.5. The van der Waals surface area contributed by atoms with Crippen LogP contribution in [0.15, 0.2) is 0 Å². The number of nitrogens with zero attached hydrogens (tertiary/aromatic N) is 2. The first kappa shape index (κ1) is 22.4. The van der Waals surface area contributed by atoms with Crippen LogP contribution >= 0.6 is 24.8 Å². The summed E-state index contributed by atoms with van der Waals surface area (Å²) in [5.41, 5.74) is 0. The smallest absolute Gasteiger partial charge is 0.279 e. The van der Waals surface area contributed by atoms with E-state index in [4.69, 9.17) is 0 Å². The van der Waals surface area contributed by atoms with Gasteiger partial charge >= 0.3 is 0 Å². The molecule has 0 amide bonds. The summed E-state index contributed by atoms with van der Waals surface area (Å²) < 4.78 is 28.8. The predicted molar refractivity (Wildman–Crippen MR) is 95.4 cm³/mol. The molecule has 1 saturated carbocycles. The third kappa shape index (κ3) is 6.86. The van der Waals surface area contributed by atoms with Gasteiger partial charge in [0.05, 0.1) is 0 Å². The lowest BCUT2D eigenvalue weighted by atomic mass is 9.96. The molecule has 2 aliphatic rings. The molecular weight excluding hydrogens is 347 g/mol. The molecule has 6 nitrogen and oxygen atoms in total. The van der Waals surface area contributed by atoms with Gasteiger partial charge in [0.1, 0.15) is 0 Å². The van der Waals surface area contributed by atoms with E-state index >= 15 is 0 Å². The molecule has 0 spiro atoms. The maximum Gasteiger partial charge on any atom is 0.279 e. The highest BCUT2D eigenvalue weighted by Gasteiger charge is 2.27. The van der Waals surface area contributed by atoms with Crippen molar-refractivity contribution in [1.82, 2.24) is 19.2 Å². The zero-order valence-electron chi connectivity index (χ0n) is 13.3. The molecule has 0 aromatic carbocycles. The molecule has 134 valence electrons. The summed E-state index contributed by atoms with van der Waals surface area (Å²) in [5, 5.41) is 3.29. The van der Waals surface area contributed by atoms with Crippen LogP contribution in [0.4, 0.5) is 0 Å². The molecule has 1 aliphatic carbocycles. The first-order valence-electron chi connectivity index (χ1n) is 7.75. The fourth-order valence-corrected chi connectivity index (χ4v) is 4.17. The molecule has 2 fully saturated rings. The Morgan fingerprint density at radius 3 is 2.32 bits per heavy atom. The Morgan fingerprint density at radius 2 is 1.73 bits per heavy atom. The van der Waals surface area contributed by atoms with Gasteiger partial charge in [-0.25, -0.2) is 4.72 Å². The summed E-state index contributed by atoms with van der Waals surface area (Å²) in [5.74, 6) is 0. The monoisotopic (exact) mass is 376 g/mol. The van der Waals surface area contributed by atoms with Crippen molar-refractivity contribution in [1.29, 1.82) is 0 Å². The van der Waals surface area contributed by atoms with Crippen molar-refractivity contribution in [3.05, 3.63) is 0 Å². The van der Waals surface area contributed by atoms with E-state index in [-0.39, 0.29) is 30.9 Å². The van der Waals surface area contributed by atoms with Crippen LogP contribution in [0.3, 0.4) is 0 Å². The molecule has 1 aliphatic heterocycles. The van der Waals surface area contributed by atoms with Gasteiger partial charge < -0.3 is 5.32 Å². The van der Waals surface area contributed by atoms with Crippen LogP contribution in [0.25, 0.3) is 0 Å². The summed E-state index contributed by atoms with van der Waals surface area (Å²) in [6, 6.07) is 0.181. The van der Waals surface area contributed by atoms with E-state index in [1.165, 1.54) is 6.42 Å². The molecule has 1 saturated heterocycles. The van der Waals surface area contributed by atoms with Crippen LogP contribution in [0, 0.1) is 0 Å². The van der Waals surface area contributed by atoms with Crippen molar-refractivity contribution in [2.75, 3.05) is 46.3 Å². The highest BCUT2D eigenvalue weighted by Crippen LogP contribution is 2.22. The quantitative estimate of drug-likeness (QED) is 0.720. The van der Waals surface area contributed by atoms with Crippen LogP contribution in [0.5, 0.6) is 0 Å². The maximum absolute atomic E-state index is 12.3. The van der Waals surface area contributed by atoms with E-state index < -0.39 is 10.2 Å². The Kier molecular flexibility index (Phi) is 11.2. The van der Waals surface area contributed by atoms with E-state index in [1.807, 2.05) is 0 Å². The van der Waals surface area contributed by atoms with Crippen molar-refractivity contribution in [3.63, 3.8) is 0 Å². The molecule has 0 unspecified atom stereocenters. The fraction of sp³-hybridized carbons (Fsp3) is 1.00. The Labute approximate surface area is 147 Å². The zero-order chi connectivity index (χ0) is 14.4. The molecular formula is C13H30Cl2N4O2S. The van der Waals surface area contributed by atoms with E-state index in [0.29, 0.717) is 6.54 Å². The van der Waals surface area contributed by atoms with Crippen LogP contribution in [0.1, 0.15) is 32.1 Å². The highest BCUT2D eigenvalue weighted by molar-refractivity contribution is 7.87. The van der Waals surface area contributed by atoms with E-state index in [2.05, 4.69) is 14.9 Å². The zero-order valence-corrected chi connectivity index (χ0v) is 15.7. The summed E-state index contributed by atoms with van der Waals surface area (Å²) in [6.45, 7) is 5.28. The minimum atomic E-state index is -3.32. The van der Waals surface area contributed by atoms with Gasteiger partial charge in [0.15, 0.2) is 0 Å². The molecule has 0 atom stereocenters. The molecule has 0 aromatic heterocycles. The Balaban J connectivity index is 0.00000220. The SMILES string of the molecule is CN(C1CCCCC1)S(=O)(=O)NCCN1CCNCC1.Cl.Cl. The number of hydrogen-bond donors (Lipinski definition) is 2. The van der Waals surface area contributed by atoms with Crippen molar-refractivity contribution in [2.24, 2.45) is 0 Å². The Bertz CT molecular complexity index is 386. The Morgan fingerprint density at radius 1 is 1.14 bits per heavy atom. The van der Waals surface area contributed by atoms with Crippen molar-refractivity contribution in [3.8, 4) is 0 Å². The first-order valence-corrected chi connectivity index (χ1v) is 9.19. The molecule has 0 aromatic rings. The largest absolute Gasteiger partial charge is 0.314 e. The van der Waals surface area contributed by atoms with Gasteiger partial charge in [-0.05, 0) is 12.8 Å². The molecule has 0 radical (unpaired) electrons. The van der Waals surface area contributed by atoms with Gasteiger partial charge in [-0.1, -0.05) is 19.3 Å². The number of nitrogens with one attached hydrogen (secondary N) is 2. The van der Waals surface area contributed by atoms with Crippen molar-refractivity contribution >= 4 is 35.0 Å². The van der Waals surface area contributed by atoms with Crippen LogP contribution in [-0.4, -0.2) is 70.0 Å². The maximum atomic E-state index is 12.3. The molecule has 2 N–H and O–H groups in total. The second-order valence-corrected chi connectivity index (χ2v) is 7.61. The predicted octanol–water partition coefficient (Wildman–Crippen LogP) is 0.834. The molecule has 22 heavy (non-hydrogen) atoms. The number of hydrogen-bond acceptors (Lipinski definition) is 4. The van der Waals surface area contributed by atoms with Gasteiger partial charge in [-0.3, -0.25) is 4.90 Å². The summed E-state index contributed by atoms with van der Waals surface area (Å²) in [7, 11) is -1.61. The van der Waals surface area contributed by atoms with Gasteiger partial charge in [-0.15, -0.1) is 24.8 Å².